The van der Waals surface area contributed by atoms with Gasteiger partial charge in [-0.3, -0.25) is 9.58 Å². The fraction of sp³-hybridized carbons (Fsp3) is 0.846. The Morgan fingerprint density at radius 3 is 2.81 bits per heavy atom. The summed E-state index contributed by atoms with van der Waals surface area (Å²) in [6.07, 6.45) is 0.419. The number of nitrogens with zero attached hydrogens (tertiary/aromatic N) is 4. The third-order valence-corrected chi connectivity index (χ3v) is 3.38. The largest absolute Gasteiger partial charge is 0.401 e. The van der Waals surface area contributed by atoms with Crippen molar-refractivity contribution in [1.29, 1.82) is 0 Å². The Balaban J connectivity index is 1.78. The van der Waals surface area contributed by atoms with Gasteiger partial charge in [0.15, 0.2) is 0 Å². The normalized spacial score (nSPS) is 15.9. The molecule has 0 saturated heterocycles. The second-order valence-electron chi connectivity index (χ2n) is 5.47. The lowest BCUT2D eigenvalue weighted by Crippen LogP contribution is -2.38. The highest BCUT2D eigenvalue weighted by Crippen LogP contribution is 2.29. The molecule has 0 aromatic carbocycles. The molecule has 5 nitrogen and oxygen atoms in total. The van der Waals surface area contributed by atoms with Crippen LogP contribution in [0.5, 0.6) is 0 Å². The first-order chi connectivity index (χ1) is 9.98. The van der Waals surface area contributed by atoms with Crippen LogP contribution < -0.4 is 5.32 Å². The lowest BCUT2D eigenvalue weighted by atomic mass is 10.4. The maximum Gasteiger partial charge on any atom is 0.401 e. The lowest BCUT2D eigenvalue weighted by molar-refractivity contribution is -0.147. The lowest BCUT2D eigenvalue weighted by Gasteiger charge is -2.22. The van der Waals surface area contributed by atoms with Crippen molar-refractivity contribution in [3.63, 3.8) is 0 Å². The van der Waals surface area contributed by atoms with Gasteiger partial charge in [-0.15, -0.1) is 5.10 Å². The molecule has 1 aliphatic rings. The fourth-order valence-electron chi connectivity index (χ4n) is 2.21. The van der Waals surface area contributed by atoms with Crippen molar-refractivity contribution < 1.29 is 13.2 Å². The highest BCUT2D eigenvalue weighted by atomic mass is 19.4. The summed E-state index contributed by atoms with van der Waals surface area (Å²) in [6, 6.07) is 0.0841. The predicted octanol–water partition coefficient (Wildman–Crippen LogP) is 1.80. The molecule has 0 aliphatic heterocycles. The van der Waals surface area contributed by atoms with E-state index in [0.29, 0.717) is 19.6 Å². The molecule has 1 fully saturated rings. The van der Waals surface area contributed by atoms with E-state index < -0.39 is 12.7 Å². The highest BCUT2D eigenvalue weighted by Gasteiger charge is 2.37. The summed E-state index contributed by atoms with van der Waals surface area (Å²) in [5, 5.41) is 11.2. The molecule has 1 aromatic heterocycles. The van der Waals surface area contributed by atoms with Crippen LogP contribution in [0.1, 0.15) is 31.9 Å². The zero-order chi connectivity index (χ0) is 15.3. The zero-order valence-electron chi connectivity index (χ0n) is 12.2. The molecule has 2 rings (SSSR count). The van der Waals surface area contributed by atoms with Crippen molar-refractivity contribution in [2.75, 3.05) is 19.6 Å². The Labute approximate surface area is 122 Å². The van der Waals surface area contributed by atoms with Crippen LogP contribution in [0.3, 0.4) is 0 Å². The fourth-order valence-corrected chi connectivity index (χ4v) is 2.21. The number of rotatable bonds is 9. The molecule has 0 unspecified atom stereocenters. The van der Waals surface area contributed by atoms with Crippen LogP contribution >= 0.6 is 0 Å². The van der Waals surface area contributed by atoms with Crippen LogP contribution in [-0.2, 0) is 13.1 Å². The van der Waals surface area contributed by atoms with Gasteiger partial charge in [0, 0.05) is 25.3 Å². The second kappa shape index (κ2) is 7.22. The van der Waals surface area contributed by atoms with Gasteiger partial charge in [0.1, 0.15) is 0 Å². The van der Waals surface area contributed by atoms with Crippen molar-refractivity contribution >= 4 is 0 Å². The topological polar surface area (TPSA) is 46.0 Å². The minimum Gasteiger partial charge on any atom is -0.311 e. The molecule has 0 spiro atoms. The molecule has 0 amide bonds. The van der Waals surface area contributed by atoms with Gasteiger partial charge < -0.3 is 5.32 Å². The number of halogens is 3. The van der Waals surface area contributed by atoms with E-state index in [9.17, 15) is 13.2 Å². The summed E-state index contributed by atoms with van der Waals surface area (Å²) in [5.74, 6) is 0. The molecule has 0 radical (unpaired) electrons. The van der Waals surface area contributed by atoms with Crippen LogP contribution in [0.2, 0.25) is 0 Å². The third-order valence-electron chi connectivity index (χ3n) is 3.38. The molecule has 120 valence electrons. The molecule has 1 saturated carbocycles. The molecule has 0 bridgehead atoms. The van der Waals surface area contributed by atoms with Gasteiger partial charge in [-0.25, -0.2) is 0 Å². The summed E-state index contributed by atoms with van der Waals surface area (Å²) in [7, 11) is 0. The first kappa shape index (κ1) is 16.2. The molecule has 1 heterocycles. The van der Waals surface area contributed by atoms with Crippen molar-refractivity contribution in [1.82, 2.24) is 25.2 Å². The van der Waals surface area contributed by atoms with Gasteiger partial charge in [-0.05, 0) is 25.8 Å². The summed E-state index contributed by atoms with van der Waals surface area (Å²) < 4.78 is 39.2. The van der Waals surface area contributed by atoms with E-state index in [4.69, 9.17) is 0 Å². The van der Waals surface area contributed by atoms with E-state index in [1.807, 2.05) is 0 Å². The Hall–Kier alpha value is -1.15. The first-order valence-corrected chi connectivity index (χ1v) is 7.38. The molecule has 0 atom stereocenters. The molecule has 21 heavy (non-hydrogen) atoms. The molecule has 8 heteroatoms. The van der Waals surface area contributed by atoms with Crippen molar-refractivity contribution in [3.05, 3.63) is 11.9 Å². The van der Waals surface area contributed by atoms with E-state index in [2.05, 4.69) is 22.6 Å². The molecular formula is C13H22F3N5. The quantitative estimate of drug-likeness (QED) is 0.707. The standard InChI is InChI=1S/C13H22F3N5/c1-2-5-17-8-11-9-21(19-18-11)7-6-20(12-3-4-12)10-13(14,15)16/h9,12,17H,2-8,10H2,1H3. The van der Waals surface area contributed by atoms with Crippen molar-refractivity contribution in [2.24, 2.45) is 0 Å². The van der Waals surface area contributed by atoms with Gasteiger partial charge in [-0.2, -0.15) is 13.2 Å². The summed E-state index contributed by atoms with van der Waals surface area (Å²) in [5.41, 5.74) is 0.817. The number of nitrogens with one attached hydrogen (secondary N) is 1. The maximum atomic E-state index is 12.5. The van der Waals surface area contributed by atoms with Crippen LogP contribution in [-0.4, -0.2) is 51.7 Å². The molecule has 1 N–H and O–H groups in total. The second-order valence-corrected chi connectivity index (χ2v) is 5.47. The van der Waals surface area contributed by atoms with Gasteiger partial charge in [0.25, 0.3) is 0 Å². The number of aromatic nitrogens is 3. The summed E-state index contributed by atoms with van der Waals surface area (Å²) in [6.45, 7) is 3.59. The van der Waals surface area contributed by atoms with E-state index in [0.717, 1.165) is 31.5 Å². The monoisotopic (exact) mass is 305 g/mol. The smallest absolute Gasteiger partial charge is 0.311 e. The van der Waals surface area contributed by atoms with E-state index in [1.165, 1.54) is 4.90 Å². The molecular weight excluding hydrogens is 283 g/mol. The minimum atomic E-state index is -4.14. The third kappa shape index (κ3) is 6.01. The molecule has 1 aromatic rings. The molecule has 1 aliphatic carbocycles. The SMILES string of the molecule is CCCNCc1cn(CCN(CC(F)(F)F)C2CC2)nn1. The Morgan fingerprint density at radius 1 is 1.43 bits per heavy atom. The highest BCUT2D eigenvalue weighted by molar-refractivity contribution is 4.92. The van der Waals surface area contributed by atoms with Gasteiger partial charge in [-0.1, -0.05) is 12.1 Å². The van der Waals surface area contributed by atoms with E-state index in [-0.39, 0.29) is 6.04 Å². The zero-order valence-corrected chi connectivity index (χ0v) is 12.2. The average molecular weight is 305 g/mol. The van der Waals surface area contributed by atoms with Gasteiger partial charge >= 0.3 is 6.18 Å². The van der Waals surface area contributed by atoms with E-state index in [1.54, 1.807) is 10.9 Å². The average Bonchev–Trinajstić information content (AvgIpc) is 3.15. The minimum absolute atomic E-state index is 0.0841. The van der Waals surface area contributed by atoms with Crippen molar-refractivity contribution in [2.45, 2.75) is 51.5 Å². The Bertz CT molecular complexity index is 428. The number of hydrogen-bond donors (Lipinski definition) is 1. The van der Waals surface area contributed by atoms with Gasteiger partial charge in [0.2, 0.25) is 0 Å². The number of hydrogen-bond acceptors (Lipinski definition) is 4. The van der Waals surface area contributed by atoms with Crippen LogP contribution in [0.15, 0.2) is 6.20 Å². The maximum absolute atomic E-state index is 12.5. The van der Waals surface area contributed by atoms with Crippen LogP contribution in [0.4, 0.5) is 13.2 Å². The summed E-state index contributed by atoms with van der Waals surface area (Å²) in [4.78, 5) is 1.50. The Kier molecular flexibility index (Phi) is 5.58. The van der Waals surface area contributed by atoms with Crippen LogP contribution in [0.25, 0.3) is 0 Å². The first-order valence-electron chi connectivity index (χ1n) is 7.38. The predicted molar refractivity (Wildman–Crippen MR) is 72.7 cm³/mol. The Morgan fingerprint density at radius 2 is 2.19 bits per heavy atom. The van der Waals surface area contributed by atoms with Crippen LogP contribution in [0, 0.1) is 0 Å². The summed E-state index contributed by atoms with van der Waals surface area (Å²) >= 11 is 0. The van der Waals surface area contributed by atoms with E-state index >= 15 is 0 Å². The van der Waals surface area contributed by atoms with Gasteiger partial charge in [0.05, 0.1) is 18.8 Å². The number of alkyl halides is 3. The van der Waals surface area contributed by atoms with Crippen molar-refractivity contribution in [3.8, 4) is 0 Å².